The second kappa shape index (κ2) is 8.69. The quantitative estimate of drug-likeness (QED) is 0.653. The summed E-state index contributed by atoms with van der Waals surface area (Å²) in [4.78, 5) is 12.6. The highest BCUT2D eigenvalue weighted by Gasteiger charge is 2.18. The molecule has 4 heteroatoms. The van der Waals surface area contributed by atoms with Gasteiger partial charge in [-0.1, -0.05) is 54.6 Å². The summed E-state index contributed by atoms with van der Waals surface area (Å²) in [5, 5.41) is 3.00. The third-order valence-electron chi connectivity index (χ3n) is 4.72. The van der Waals surface area contributed by atoms with E-state index in [1.54, 1.807) is 0 Å². The van der Waals surface area contributed by atoms with Crippen molar-refractivity contribution in [2.75, 3.05) is 0 Å². The Hall–Kier alpha value is -2.85. The number of hydrogen-bond donors (Lipinski definition) is 1. The van der Waals surface area contributed by atoms with E-state index in [0.717, 1.165) is 28.0 Å². The number of ether oxygens (including phenoxy) is 1. The number of nitrogens with one attached hydrogen (secondary N) is 1. The minimum absolute atomic E-state index is 0.109. The van der Waals surface area contributed by atoms with E-state index >= 15 is 0 Å². The maximum absolute atomic E-state index is 12.6. The minimum Gasteiger partial charge on any atom is -0.466 e. The molecular formula is C23H25NO3. The lowest BCUT2D eigenvalue weighted by molar-refractivity contribution is 0.0945. The lowest BCUT2D eigenvalue weighted by Crippen LogP contribution is -2.24. The summed E-state index contributed by atoms with van der Waals surface area (Å²) < 4.78 is 11.4. The average Bonchev–Trinajstić information content (AvgIpc) is 2.93. The fourth-order valence-corrected chi connectivity index (χ4v) is 3.12. The van der Waals surface area contributed by atoms with Crippen molar-refractivity contribution in [2.45, 2.75) is 40.5 Å². The Labute approximate surface area is 160 Å². The van der Waals surface area contributed by atoms with Crippen LogP contribution in [0.4, 0.5) is 0 Å². The zero-order valence-corrected chi connectivity index (χ0v) is 16.0. The van der Waals surface area contributed by atoms with Gasteiger partial charge in [0.2, 0.25) is 0 Å². The zero-order chi connectivity index (χ0) is 19.2. The molecule has 0 saturated heterocycles. The number of hydrogen-bond acceptors (Lipinski definition) is 3. The van der Waals surface area contributed by atoms with E-state index in [4.69, 9.17) is 9.15 Å². The van der Waals surface area contributed by atoms with E-state index in [9.17, 15) is 4.79 Å². The molecule has 3 aromatic rings. The molecule has 140 valence electrons. The fraction of sp³-hybridized carbons (Fsp3) is 0.261. The van der Waals surface area contributed by atoms with Crippen molar-refractivity contribution >= 4 is 5.91 Å². The molecule has 0 spiro atoms. The van der Waals surface area contributed by atoms with Crippen molar-refractivity contribution in [3.05, 3.63) is 93.9 Å². The Morgan fingerprint density at radius 2 is 1.56 bits per heavy atom. The summed E-state index contributed by atoms with van der Waals surface area (Å²) >= 11 is 0. The van der Waals surface area contributed by atoms with E-state index in [1.165, 1.54) is 0 Å². The number of benzene rings is 2. The summed E-state index contributed by atoms with van der Waals surface area (Å²) in [5.41, 5.74) is 4.79. The van der Waals surface area contributed by atoms with E-state index in [-0.39, 0.29) is 5.91 Å². The van der Waals surface area contributed by atoms with Gasteiger partial charge in [-0.15, -0.1) is 0 Å². The second-order valence-corrected chi connectivity index (χ2v) is 6.64. The predicted octanol–water partition coefficient (Wildman–Crippen LogP) is 4.85. The van der Waals surface area contributed by atoms with Gasteiger partial charge in [0.1, 0.15) is 11.5 Å². The molecular weight excluding hydrogens is 338 g/mol. The third kappa shape index (κ3) is 4.66. The summed E-state index contributed by atoms with van der Waals surface area (Å²) in [7, 11) is 0. The molecule has 1 heterocycles. The van der Waals surface area contributed by atoms with Crippen LogP contribution in [0.15, 0.2) is 59.0 Å². The van der Waals surface area contributed by atoms with Crippen LogP contribution >= 0.6 is 0 Å². The van der Waals surface area contributed by atoms with Gasteiger partial charge in [0.15, 0.2) is 0 Å². The molecule has 2 aromatic carbocycles. The van der Waals surface area contributed by atoms with Gasteiger partial charge in [-0.2, -0.15) is 0 Å². The van der Waals surface area contributed by atoms with Gasteiger partial charge >= 0.3 is 0 Å². The molecule has 0 aliphatic rings. The van der Waals surface area contributed by atoms with Crippen LogP contribution in [0.2, 0.25) is 0 Å². The van der Waals surface area contributed by atoms with E-state index in [2.05, 4.69) is 5.32 Å². The molecule has 0 radical (unpaired) electrons. The second-order valence-electron chi connectivity index (χ2n) is 6.64. The molecule has 4 nitrogen and oxygen atoms in total. The number of aryl methyl sites for hydroxylation is 2. The van der Waals surface area contributed by atoms with Gasteiger partial charge in [0.05, 0.1) is 18.8 Å². The predicted molar refractivity (Wildman–Crippen MR) is 105 cm³/mol. The van der Waals surface area contributed by atoms with Crippen LogP contribution in [0.25, 0.3) is 0 Å². The van der Waals surface area contributed by atoms with Crippen LogP contribution in [0.1, 0.15) is 44.1 Å². The Bertz CT molecular complexity index is 913. The van der Waals surface area contributed by atoms with Gasteiger partial charge in [0, 0.05) is 12.1 Å². The van der Waals surface area contributed by atoms with E-state index < -0.39 is 0 Å². The van der Waals surface area contributed by atoms with Crippen molar-refractivity contribution in [3.63, 3.8) is 0 Å². The van der Waals surface area contributed by atoms with Crippen molar-refractivity contribution < 1.29 is 13.9 Å². The molecule has 1 aromatic heterocycles. The first kappa shape index (κ1) is 18.9. The van der Waals surface area contributed by atoms with Crippen molar-refractivity contribution in [2.24, 2.45) is 0 Å². The van der Waals surface area contributed by atoms with Crippen molar-refractivity contribution in [3.8, 4) is 0 Å². The Morgan fingerprint density at radius 1 is 0.889 bits per heavy atom. The Balaban J connectivity index is 1.61. The van der Waals surface area contributed by atoms with Gasteiger partial charge in [-0.3, -0.25) is 4.79 Å². The Kier molecular flexibility index (Phi) is 6.09. The highest BCUT2D eigenvalue weighted by Crippen LogP contribution is 2.21. The maximum atomic E-state index is 12.6. The number of carbonyl (C=O) groups is 1. The van der Waals surface area contributed by atoms with E-state index in [0.29, 0.717) is 31.1 Å². The van der Waals surface area contributed by atoms with Crippen molar-refractivity contribution in [1.29, 1.82) is 0 Å². The molecule has 1 N–H and O–H groups in total. The summed E-state index contributed by atoms with van der Waals surface area (Å²) in [6.07, 6.45) is 0. The lowest BCUT2D eigenvalue weighted by atomic mass is 10.1. The lowest BCUT2D eigenvalue weighted by Gasteiger charge is -2.12. The molecule has 0 unspecified atom stereocenters. The molecule has 0 atom stereocenters. The highest BCUT2D eigenvalue weighted by molar-refractivity contribution is 5.96. The minimum atomic E-state index is -0.109. The van der Waals surface area contributed by atoms with Crippen LogP contribution in [-0.2, 0) is 24.5 Å². The largest absolute Gasteiger partial charge is 0.466 e. The summed E-state index contributed by atoms with van der Waals surface area (Å²) in [6.45, 7) is 7.12. The van der Waals surface area contributed by atoms with Gasteiger partial charge in [-0.05, 0) is 37.5 Å². The van der Waals surface area contributed by atoms with Crippen LogP contribution in [0.3, 0.4) is 0 Å². The molecule has 3 rings (SSSR count). The highest BCUT2D eigenvalue weighted by atomic mass is 16.5. The first-order valence-electron chi connectivity index (χ1n) is 9.09. The average molecular weight is 363 g/mol. The smallest absolute Gasteiger partial charge is 0.255 e. The van der Waals surface area contributed by atoms with Crippen molar-refractivity contribution in [1.82, 2.24) is 5.32 Å². The first-order chi connectivity index (χ1) is 13.1. The van der Waals surface area contributed by atoms with Gasteiger partial charge < -0.3 is 14.5 Å². The van der Waals surface area contributed by atoms with Crippen LogP contribution < -0.4 is 5.32 Å². The summed E-state index contributed by atoms with van der Waals surface area (Å²) in [6, 6.07) is 18.1. The first-order valence-corrected chi connectivity index (χ1v) is 9.09. The van der Waals surface area contributed by atoms with E-state index in [1.807, 2.05) is 75.4 Å². The van der Waals surface area contributed by atoms with Gasteiger partial charge in [0.25, 0.3) is 5.91 Å². The molecule has 1 amide bonds. The molecule has 0 aliphatic carbocycles. The number of amides is 1. The van der Waals surface area contributed by atoms with Gasteiger partial charge in [-0.25, -0.2) is 0 Å². The molecule has 27 heavy (non-hydrogen) atoms. The summed E-state index contributed by atoms with van der Waals surface area (Å²) in [5.74, 6) is 1.33. The number of rotatable bonds is 7. The monoisotopic (exact) mass is 363 g/mol. The molecule has 0 saturated carbocycles. The third-order valence-corrected chi connectivity index (χ3v) is 4.72. The SMILES string of the molecule is Cc1oc(C)c(C(=O)NCc2ccccc2COCc2ccccc2)c1C. The molecule has 0 aliphatic heterocycles. The van der Waals surface area contributed by atoms with Crippen LogP contribution in [0, 0.1) is 20.8 Å². The normalized spacial score (nSPS) is 10.8. The zero-order valence-electron chi connectivity index (χ0n) is 16.0. The topological polar surface area (TPSA) is 51.5 Å². The fourth-order valence-electron chi connectivity index (χ4n) is 3.12. The maximum Gasteiger partial charge on any atom is 0.255 e. The molecule has 0 fully saturated rings. The molecule has 0 bridgehead atoms. The number of carbonyl (C=O) groups excluding carboxylic acids is 1. The van der Waals surface area contributed by atoms with Crippen LogP contribution in [-0.4, -0.2) is 5.91 Å². The Morgan fingerprint density at radius 3 is 2.22 bits per heavy atom. The van der Waals surface area contributed by atoms with Crippen LogP contribution in [0.5, 0.6) is 0 Å². The standard InChI is InChI=1S/C23H25NO3/c1-16-17(2)27-18(3)22(16)23(25)24-13-20-11-7-8-12-21(20)15-26-14-19-9-5-4-6-10-19/h4-12H,13-15H2,1-3H3,(H,24,25). The number of furan rings is 1.